The van der Waals surface area contributed by atoms with Crippen LogP contribution >= 0.6 is 0 Å². The minimum Gasteiger partial charge on any atom is -0.437 e. The first-order valence-electron chi connectivity index (χ1n) is 7.06. The predicted octanol–water partition coefficient (Wildman–Crippen LogP) is 2.02. The first-order chi connectivity index (χ1) is 10.6. The minimum absolute atomic E-state index is 0.119. The lowest BCUT2D eigenvalue weighted by atomic mass is 10.1. The van der Waals surface area contributed by atoms with Gasteiger partial charge in [-0.1, -0.05) is 13.8 Å². The van der Waals surface area contributed by atoms with Gasteiger partial charge in [0.15, 0.2) is 0 Å². The number of hydrogen-bond donors (Lipinski definition) is 2. The van der Waals surface area contributed by atoms with Crippen molar-refractivity contribution < 1.29 is 14.6 Å². The topological polar surface area (TPSA) is 84.3 Å². The Hall–Kier alpha value is -2.47. The van der Waals surface area contributed by atoms with Crippen molar-refractivity contribution in [3.63, 3.8) is 0 Å². The smallest absolute Gasteiger partial charge is 0.257 e. The number of nitrogens with one attached hydrogen (secondary N) is 1. The summed E-state index contributed by atoms with van der Waals surface area (Å²) in [5.74, 6) is 0.485. The molecule has 2 rings (SSSR count). The largest absolute Gasteiger partial charge is 0.437 e. The van der Waals surface area contributed by atoms with E-state index in [1.54, 1.807) is 42.9 Å². The molecule has 22 heavy (non-hydrogen) atoms. The average molecular weight is 301 g/mol. The Kier molecular flexibility index (Phi) is 5.43. The number of ether oxygens (including phenoxy) is 1. The molecule has 0 radical (unpaired) electrons. The third kappa shape index (κ3) is 4.02. The van der Waals surface area contributed by atoms with Gasteiger partial charge in [-0.25, -0.2) is 4.98 Å². The van der Waals surface area contributed by atoms with Crippen LogP contribution in [-0.2, 0) is 0 Å². The van der Waals surface area contributed by atoms with E-state index in [1.807, 2.05) is 13.8 Å². The standard InChI is InChI=1S/C16H19N3O3/c1-11(2)14(10-20)19-15(21)13-6-4-8-18-16(13)22-12-5-3-7-17-9-12/h3-9,11,14,20H,10H2,1-2H3,(H,19,21)/t14-/m1/s1. The van der Waals surface area contributed by atoms with E-state index >= 15 is 0 Å². The van der Waals surface area contributed by atoms with E-state index in [9.17, 15) is 9.90 Å². The summed E-state index contributed by atoms with van der Waals surface area (Å²) in [7, 11) is 0. The molecule has 116 valence electrons. The molecule has 0 spiro atoms. The SMILES string of the molecule is CC(C)[C@@H](CO)NC(=O)c1cccnc1Oc1cccnc1. The van der Waals surface area contributed by atoms with Gasteiger partial charge in [-0.05, 0) is 30.2 Å². The Morgan fingerprint density at radius 3 is 2.73 bits per heavy atom. The highest BCUT2D eigenvalue weighted by molar-refractivity contribution is 5.96. The Morgan fingerprint density at radius 1 is 1.32 bits per heavy atom. The minimum atomic E-state index is -0.334. The fourth-order valence-corrected chi connectivity index (χ4v) is 1.83. The van der Waals surface area contributed by atoms with Crippen LogP contribution in [0.5, 0.6) is 11.6 Å². The van der Waals surface area contributed by atoms with Crippen molar-refractivity contribution in [1.82, 2.24) is 15.3 Å². The normalized spacial score (nSPS) is 12.0. The fraction of sp³-hybridized carbons (Fsp3) is 0.312. The van der Waals surface area contributed by atoms with E-state index in [1.165, 1.54) is 0 Å². The first-order valence-corrected chi connectivity index (χ1v) is 7.06. The highest BCUT2D eigenvalue weighted by Gasteiger charge is 2.19. The van der Waals surface area contributed by atoms with E-state index in [0.717, 1.165) is 0 Å². The molecule has 1 amide bonds. The summed E-state index contributed by atoms with van der Waals surface area (Å²) in [5.41, 5.74) is 0.311. The zero-order chi connectivity index (χ0) is 15.9. The second kappa shape index (κ2) is 7.51. The molecule has 0 saturated carbocycles. The van der Waals surface area contributed by atoms with Gasteiger partial charge in [0.05, 0.1) is 18.8 Å². The molecule has 0 unspecified atom stereocenters. The number of rotatable bonds is 6. The summed E-state index contributed by atoms with van der Waals surface area (Å²) < 4.78 is 5.61. The fourth-order valence-electron chi connectivity index (χ4n) is 1.83. The van der Waals surface area contributed by atoms with Crippen LogP contribution in [0.15, 0.2) is 42.9 Å². The molecular formula is C16H19N3O3. The zero-order valence-corrected chi connectivity index (χ0v) is 12.6. The van der Waals surface area contributed by atoms with E-state index in [-0.39, 0.29) is 30.4 Å². The van der Waals surface area contributed by atoms with Crippen molar-refractivity contribution in [3.05, 3.63) is 48.4 Å². The van der Waals surface area contributed by atoms with Crippen molar-refractivity contribution in [3.8, 4) is 11.6 Å². The summed E-state index contributed by atoms with van der Waals surface area (Å²) in [6.07, 6.45) is 4.73. The summed E-state index contributed by atoms with van der Waals surface area (Å²) in [6, 6.07) is 6.43. The van der Waals surface area contributed by atoms with Crippen LogP contribution in [-0.4, -0.2) is 33.6 Å². The van der Waals surface area contributed by atoms with Gasteiger partial charge in [-0.3, -0.25) is 9.78 Å². The van der Waals surface area contributed by atoms with E-state index < -0.39 is 0 Å². The van der Waals surface area contributed by atoms with Crippen LogP contribution in [0.1, 0.15) is 24.2 Å². The Bertz CT molecular complexity index is 617. The average Bonchev–Trinajstić information content (AvgIpc) is 2.53. The summed E-state index contributed by atoms with van der Waals surface area (Å²) in [4.78, 5) is 20.4. The van der Waals surface area contributed by atoms with Crippen LogP contribution in [0.4, 0.5) is 0 Å². The summed E-state index contributed by atoms with van der Waals surface area (Å²) in [6.45, 7) is 3.73. The molecule has 0 aromatic carbocycles. The van der Waals surface area contributed by atoms with Crippen molar-refractivity contribution in [2.45, 2.75) is 19.9 Å². The van der Waals surface area contributed by atoms with Crippen LogP contribution in [0, 0.1) is 5.92 Å². The van der Waals surface area contributed by atoms with Gasteiger partial charge < -0.3 is 15.2 Å². The van der Waals surface area contributed by atoms with Gasteiger partial charge >= 0.3 is 0 Å². The maximum absolute atomic E-state index is 12.4. The van der Waals surface area contributed by atoms with Gasteiger partial charge in [0.2, 0.25) is 5.88 Å². The molecule has 0 bridgehead atoms. The Morgan fingerprint density at radius 2 is 2.09 bits per heavy atom. The second-order valence-electron chi connectivity index (χ2n) is 5.15. The van der Waals surface area contributed by atoms with Gasteiger partial charge in [0.1, 0.15) is 11.3 Å². The number of nitrogens with zero attached hydrogens (tertiary/aromatic N) is 2. The monoisotopic (exact) mass is 301 g/mol. The number of amides is 1. The molecule has 2 aromatic rings. The van der Waals surface area contributed by atoms with Gasteiger partial charge in [0.25, 0.3) is 5.91 Å². The first kappa shape index (κ1) is 15.9. The molecule has 0 aliphatic carbocycles. The third-order valence-electron chi connectivity index (χ3n) is 3.18. The summed E-state index contributed by atoms with van der Waals surface area (Å²) in [5, 5.41) is 12.1. The molecule has 2 heterocycles. The molecule has 6 nitrogen and oxygen atoms in total. The van der Waals surface area contributed by atoms with Gasteiger partial charge in [-0.15, -0.1) is 0 Å². The predicted molar refractivity (Wildman–Crippen MR) is 81.7 cm³/mol. The molecule has 0 saturated heterocycles. The Labute approximate surface area is 129 Å². The highest BCUT2D eigenvalue weighted by atomic mass is 16.5. The molecule has 0 fully saturated rings. The maximum Gasteiger partial charge on any atom is 0.257 e. The lowest BCUT2D eigenvalue weighted by Crippen LogP contribution is -2.41. The molecule has 1 atom stereocenters. The third-order valence-corrected chi connectivity index (χ3v) is 3.18. The Balaban J connectivity index is 2.19. The van der Waals surface area contributed by atoms with Crippen molar-refractivity contribution in [1.29, 1.82) is 0 Å². The zero-order valence-electron chi connectivity index (χ0n) is 12.6. The van der Waals surface area contributed by atoms with Gasteiger partial charge in [0, 0.05) is 12.4 Å². The van der Waals surface area contributed by atoms with Crippen LogP contribution in [0.25, 0.3) is 0 Å². The van der Waals surface area contributed by atoms with E-state index in [2.05, 4.69) is 15.3 Å². The van der Waals surface area contributed by atoms with Crippen molar-refractivity contribution in [2.75, 3.05) is 6.61 Å². The number of pyridine rings is 2. The number of carbonyl (C=O) groups excluding carboxylic acids is 1. The number of carbonyl (C=O) groups is 1. The lowest BCUT2D eigenvalue weighted by Gasteiger charge is -2.20. The van der Waals surface area contributed by atoms with Crippen molar-refractivity contribution in [2.24, 2.45) is 5.92 Å². The second-order valence-corrected chi connectivity index (χ2v) is 5.15. The molecule has 0 aliphatic heterocycles. The lowest BCUT2D eigenvalue weighted by molar-refractivity contribution is 0.0894. The number of hydrogen-bond acceptors (Lipinski definition) is 5. The molecule has 2 N–H and O–H groups in total. The number of aliphatic hydroxyl groups is 1. The summed E-state index contributed by atoms with van der Waals surface area (Å²) >= 11 is 0. The van der Waals surface area contributed by atoms with Crippen LogP contribution in [0.2, 0.25) is 0 Å². The van der Waals surface area contributed by atoms with Crippen LogP contribution < -0.4 is 10.1 Å². The van der Waals surface area contributed by atoms with Crippen molar-refractivity contribution >= 4 is 5.91 Å². The van der Waals surface area contributed by atoms with E-state index in [0.29, 0.717) is 11.3 Å². The van der Waals surface area contributed by atoms with Crippen LogP contribution in [0.3, 0.4) is 0 Å². The molecule has 6 heteroatoms. The van der Waals surface area contributed by atoms with E-state index in [4.69, 9.17) is 4.74 Å². The highest BCUT2D eigenvalue weighted by Crippen LogP contribution is 2.22. The number of aliphatic hydroxyl groups excluding tert-OH is 1. The molecule has 2 aromatic heterocycles. The molecular weight excluding hydrogens is 282 g/mol. The number of aromatic nitrogens is 2. The quantitative estimate of drug-likeness (QED) is 0.852. The maximum atomic E-state index is 12.4. The molecule has 0 aliphatic rings. The van der Waals surface area contributed by atoms with Gasteiger partial charge in [-0.2, -0.15) is 0 Å².